The molecule has 1 heterocycles. The first-order valence-electron chi connectivity index (χ1n) is 6.56. The molecule has 1 aliphatic heterocycles. The Morgan fingerprint density at radius 3 is 2.65 bits per heavy atom. The highest BCUT2D eigenvalue weighted by Gasteiger charge is 2.28. The van der Waals surface area contributed by atoms with Crippen molar-refractivity contribution in [3.63, 3.8) is 0 Å². The third kappa shape index (κ3) is 2.43. The summed E-state index contributed by atoms with van der Waals surface area (Å²) < 4.78 is 1.04. The highest BCUT2D eigenvalue weighted by Crippen LogP contribution is 2.32. The van der Waals surface area contributed by atoms with E-state index in [0.717, 1.165) is 10.2 Å². The predicted molar refractivity (Wildman–Crippen MR) is 87.0 cm³/mol. The number of guanidine groups is 1. The zero-order chi connectivity index (χ0) is 14.1. The van der Waals surface area contributed by atoms with Gasteiger partial charge in [-0.25, -0.2) is 0 Å². The van der Waals surface area contributed by atoms with Gasteiger partial charge in [0.1, 0.15) is 0 Å². The number of aliphatic imine (C=N–C) groups is 1. The van der Waals surface area contributed by atoms with Gasteiger partial charge in [0.2, 0.25) is 0 Å². The van der Waals surface area contributed by atoms with Crippen LogP contribution in [0.3, 0.4) is 0 Å². The molecule has 1 atom stereocenters. The van der Waals surface area contributed by atoms with E-state index < -0.39 is 0 Å². The standard InChI is InChI=1S/C16H16BrN3/c1-11-5-7-12(8-6-11)15-10-19-16(18)20(15)14-4-2-3-13(17)9-14/h2-9,15H,10H2,1H3,(H2,18,19). The fourth-order valence-corrected chi connectivity index (χ4v) is 2.87. The van der Waals surface area contributed by atoms with Gasteiger partial charge in [0.15, 0.2) is 5.96 Å². The molecule has 3 rings (SSSR count). The number of aryl methyl sites for hydroxylation is 1. The van der Waals surface area contributed by atoms with Crippen molar-refractivity contribution < 1.29 is 0 Å². The number of hydrogen-bond acceptors (Lipinski definition) is 3. The first-order chi connectivity index (χ1) is 9.65. The molecule has 0 saturated heterocycles. The Kier molecular flexibility index (Phi) is 3.49. The molecule has 0 aromatic heterocycles. The molecule has 3 nitrogen and oxygen atoms in total. The summed E-state index contributed by atoms with van der Waals surface area (Å²) in [5.41, 5.74) is 9.63. The van der Waals surface area contributed by atoms with Gasteiger partial charge in [-0.3, -0.25) is 4.99 Å². The molecular formula is C16H16BrN3. The zero-order valence-electron chi connectivity index (χ0n) is 11.3. The minimum atomic E-state index is 0.171. The van der Waals surface area contributed by atoms with E-state index in [2.05, 4.69) is 69.1 Å². The second kappa shape index (κ2) is 5.29. The van der Waals surface area contributed by atoms with Gasteiger partial charge in [-0.05, 0) is 30.7 Å². The molecule has 0 aliphatic carbocycles. The topological polar surface area (TPSA) is 41.6 Å². The SMILES string of the molecule is Cc1ccc(C2CN=C(N)N2c2cccc(Br)c2)cc1. The number of hydrogen-bond donors (Lipinski definition) is 1. The Hall–Kier alpha value is -1.81. The molecule has 0 spiro atoms. The van der Waals surface area contributed by atoms with Crippen molar-refractivity contribution in [3.8, 4) is 0 Å². The normalized spacial score (nSPS) is 18.2. The molecule has 0 amide bonds. The molecule has 0 bridgehead atoms. The minimum Gasteiger partial charge on any atom is -0.369 e. The van der Waals surface area contributed by atoms with Crippen LogP contribution in [0.1, 0.15) is 17.2 Å². The van der Waals surface area contributed by atoms with E-state index in [9.17, 15) is 0 Å². The van der Waals surface area contributed by atoms with Crippen LogP contribution in [0.5, 0.6) is 0 Å². The van der Waals surface area contributed by atoms with Gasteiger partial charge in [-0.15, -0.1) is 0 Å². The van der Waals surface area contributed by atoms with Crippen LogP contribution in [0.25, 0.3) is 0 Å². The van der Waals surface area contributed by atoms with E-state index in [1.807, 2.05) is 12.1 Å². The predicted octanol–water partition coefficient (Wildman–Crippen LogP) is 3.63. The number of halogens is 1. The van der Waals surface area contributed by atoms with Gasteiger partial charge >= 0.3 is 0 Å². The number of nitrogens with two attached hydrogens (primary N) is 1. The maximum absolute atomic E-state index is 6.08. The number of benzene rings is 2. The van der Waals surface area contributed by atoms with Gasteiger partial charge in [-0.2, -0.15) is 0 Å². The molecule has 20 heavy (non-hydrogen) atoms. The lowest BCUT2D eigenvalue weighted by Gasteiger charge is -2.27. The van der Waals surface area contributed by atoms with Crippen molar-refractivity contribution in [1.82, 2.24) is 0 Å². The summed E-state index contributed by atoms with van der Waals surface area (Å²) in [5.74, 6) is 0.577. The van der Waals surface area contributed by atoms with Crippen LogP contribution in [-0.2, 0) is 0 Å². The fourth-order valence-electron chi connectivity index (χ4n) is 2.48. The molecule has 0 radical (unpaired) electrons. The van der Waals surface area contributed by atoms with Crippen molar-refractivity contribution in [1.29, 1.82) is 0 Å². The summed E-state index contributed by atoms with van der Waals surface area (Å²) >= 11 is 3.51. The van der Waals surface area contributed by atoms with Crippen LogP contribution in [0.4, 0.5) is 5.69 Å². The Morgan fingerprint density at radius 2 is 1.95 bits per heavy atom. The van der Waals surface area contributed by atoms with Crippen molar-refractivity contribution >= 4 is 27.6 Å². The highest BCUT2D eigenvalue weighted by molar-refractivity contribution is 9.10. The van der Waals surface area contributed by atoms with E-state index >= 15 is 0 Å². The number of rotatable bonds is 2. The van der Waals surface area contributed by atoms with Crippen molar-refractivity contribution in [2.75, 3.05) is 11.4 Å². The van der Waals surface area contributed by atoms with Crippen LogP contribution in [0.2, 0.25) is 0 Å². The summed E-state index contributed by atoms with van der Waals surface area (Å²) in [7, 11) is 0. The zero-order valence-corrected chi connectivity index (χ0v) is 12.8. The van der Waals surface area contributed by atoms with Crippen molar-refractivity contribution in [3.05, 3.63) is 64.1 Å². The van der Waals surface area contributed by atoms with E-state index in [0.29, 0.717) is 12.5 Å². The van der Waals surface area contributed by atoms with Gasteiger partial charge in [0.05, 0.1) is 12.6 Å². The van der Waals surface area contributed by atoms with Gasteiger partial charge in [-0.1, -0.05) is 51.8 Å². The molecule has 1 aliphatic rings. The van der Waals surface area contributed by atoms with E-state index in [-0.39, 0.29) is 6.04 Å². The summed E-state index contributed by atoms with van der Waals surface area (Å²) in [5, 5.41) is 0. The highest BCUT2D eigenvalue weighted by atomic mass is 79.9. The molecule has 2 aromatic rings. The maximum atomic E-state index is 6.08. The largest absolute Gasteiger partial charge is 0.369 e. The minimum absolute atomic E-state index is 0.171. The fraction of sp³-hybridized carbons (Fsp3) is 0.188. The summed E-state index contributed by atoms with van der Waals surface area (Å²) in [6, 6.07) is 16.9. The van der Waals surface area contributed by atoms with Crippen LogP contribution < -0.4 is 10.6 Å². The molecule has 2 aromatic carbocycles. The lowest BCUT2D eigenvalue weighted by Crippen LogP contribution is -2.36. The van der Waals surface area contributed by atoms with Gasteiger partial charge < -0.3 is 10.6 Å². The van der Waals surface area contributed by atoms with Crippen LogP contribution in [-0.4, -0.2) is 12.5 Å². The molecule has 102 valence electrons. The third-order valence-corrected chi connectivity index (χ3v) is 4.03. The first kappa shape index (κ1) is 13.2. The van der Waals surface area contributed by atoms with Crippen molar-refractivity contribution in [2.24, 2.45) is 10.7 Å². The maximum Gasteiger partial charge on any atom is 0.196 e. The van der Waals surface area contributed by atoms with Crippen LogP contribution in [0, 0.1) is 6.92 Å². The second-order valence-electron chi connectivity index (χ2n) is 4.98. The summed E-state index contributed by atoms with van der Waals surface area (Å²) in [6.07, 6.45) is 0. The Morgan fingerprint density at radius 1 is 1.20 bits per heavy atom. The van der Waals surface area contributed by atoms with Crippen molar-refractivity contribution in [2.45, 2.75) is 13.0 Å². The van der Waals surface area contributed by atoms with E-state index in [1.165, 1.54) is 11.1 Å². The Balaban J connectivity index is 1.98. The summed E-state index contributed by atoms with van der Waals surface area (Å²) in [6.45, 7) is 2.79. The number of anilines is 1. The Bertz CT molecular complexity index is 649. The van der Waals surface area contributed by atoms with Crippen LogP contribution >= 0.6 is 15.9 Å². The van der Waals surface area contributed by atoms with E-state index in [4.69, 9.17) is 5.73 Å². The smallest absolute Gasteiger partial charge is 0.196 e. The molecule has 4 heteroatoms. The quantitative estimate of drug-likeness (QED) is 0.913. The van der Waals surface area contributed by atoms with Crippen LogP contribution in [0.15, 0.2) is 58.0 Å². The lowest BCUT2D eigenvalue weighted by molar-refractivity contribution is 0.768. The molecule has 2 N–H and O–H groups in total. The van der Waals surface area contributed by atoms with Gasteiger partial charge in [0, 0.05) is 10.2 Å². The molecule has 1 unspecified atom stereocenters. The Labute approximate surface area is 127 Å². The third-order valence-electron chi connectivity index (χ3n) is 3.53. The summed E-state index contributed by atoms with van der Waals surface area (Å²) in [4.78, 5) is 6.50. The molecule has 0 saturated carbocycles. The average Bonchev–Trinajstić information content (AvgIpc) is 2.81. The van der Waals surface area contributed by atoms with E-state index in [1.54, 1.807) is 0 Å². The molecule has 0 fully saturated rings. The average molecular weight is 330 g/mol. The number of nitrogens with zero attached hydrogens (tertiary/aromatic N) is 2. The second-order valence-corrected chi connectivity index (χ2v) is 5.89. The monoisotopic (exact) mass is 329 g/mol. The molecular weight excluding hydrogens is 314 g/mol. The first-order valence-corrected chi connectivity index (χ1v) is 7.36. The van der Waals surface area contributed by atoms with Gasteiger partial charge in [0.25, 0.3) is 0 Å². The lowest BCUT2D eigenvalue weighted by atomic mass is 10.0.